The zero-order chi connectivity index (χ0) is 15.5. The first-order valence-corrected chi connectivity index (χ1v) is 7.08. The van der Waals surface area contributed by atoms with Gasteiger partial charge in [0.15, 0.2) is 5.82 Å². The number of hydrogen-bond acceptors (Lipinski definition) is 5. The largest absolute Gasteiger partial charge is 0.497 e. The first-order chi connectivity index (χ1) is 9.88. The lowest BCUT2D eigenvalue weighted by Crippen LogP contribution is -2.37. The Morgan fingerprint density at radius 3 is 2.76 bits per heavy atom. The minimum atomic E-state index is -0.0115. The average Bonchev–Trinajstić information content (AvgIpc) is 2.85. The fourth-order valence-corrected chi connectivity index (χ4v) is 1.90. The minimum Gasteiger partial charge on any atom is -0.497 e. The van der Waals surface area contributed by atoms with Crippen molar-refractivity contribution >= 4 is 0 Å². The van der Waals surface area contributed by atoms with Crippen molar-refractivity contribution in [1.29, 1.82) is 0 Å². The van der Waals surface area contributed by atoms with Crippen LogP contribution in [0.4, 0.5) is 0 Å². The zero-order valence-electron chi connectivity index (χ0n) is 13.1. The van der Waals surface area contributed by atoms with Crippen LogP contribution in [0.3, 0.4) is 0 Å². The molecular weight excluding hydrogens is 266 g/mol. The van der Waals surface area contributed by atoms with Crippen molar-refractivity contribution in [1.82, 2.24) is 10.1 Å². The molecular formula is C16H23N3O2. The van der Waals surface area contributed by atoms with Crippen LogP contribution in [0.5, 0.6) is 5.75 Å². The van der Waals surface area contributed by atoms with Gasteiger partial charge in [-0.15, -0.1) is 0 Å². The lowest BCUT2D eigenvalue weighted by atomic mass is 9.85. The van der Waals surface area contributed by atoms with Crippen molar-refractivity contribution in [3.8, 4) is 5.75 Å². The molecule has 0 aliphatic carbocycles. The average molecular weight is 289 g/mol. The monoisotopic (exact) mass is 289 g/mol. The molecule has 2 aromatic rings. The van der Waals surface area contributed by atoms with E-state index in [0.717, 1.165) is 11.3 Å². The van der Waals surface area contributed by atoms with Crippen LogP contribution in [-0.2, 0) is 12.8 Å². The maximum absolute atomic E-state index is 6.14. The van der Waals surface area contributed by atoms with Gasteiger partial charge in [-0.1, -0.05) is 38.1 Å². The Hall–Kier alpha value is -1.88. The lowest BCUT2D eigenvalue weighted by molar-refractivity contribution is 0.285. The predicted molar refractivity (Wildman–Crippen MR) is 81.2 cm³/mol. The Morgan fingerprint density at radius 2 is 2.10 bits per heavy atom. The van der Waals surface area contributed by atoms with Crippen LogP contribution in [0, 0.1) is 5.41 Å². The van der Waals surface area contributed by atoms with Gasteiger partial charge in [0.05, 0.1) is 7.11 Å². The maximum Gasteiger partial charge on any atom is 0.228 e. The molecule has 0 saturated heterocycles. The van der Waals surface area contributed by atoms with Gasteiger partial charge in [0.1, 0.15) is 5.75 Å². The molecule has 0 amide bonds. The van der Waals surface area contributed by atoms with E-state index in [1.165, 1.54) is 0 Å². The second kappa shape index (κ2) is 6.26. The lowest BCUT2D eigenvalue weighted by Gasteiger charge is -2.25. The number of methoxy groups -OCH3 is 1. The number of hydrogen-bond donors (Lipinski definition) is 1. The normalized spacial score (nSPS) is 13.2. The molecule has 1 aromatic heterocycles. The summed E-state index contributed by atoms with van der Waals surface area (Å²) < 4.78 is 10.5. The number of aromatic nitrogens is 2. The minimum absolute atomic E-state index is 0.0115. The molecule has 0 aliphatic rings. The molecule has 0 saturated carbocycles. The summed E-state index contributed by atoms with van der Waals surface area (Å²) in [4.78, 5) is 4.42. The molecule has 2 N–H and O–H groups in total. The summed E-state index contributed by atoms with van der Waals surface area (Å²) >= 11 is 0. The summed E-state index contributed by atoms with van der Waals surface area (Å²) in [7, 11) is 1.65. The highest BCUT2D eigenvalue weighted by atomic mass is 16.5. The summed E-state index contributed by atoms with van der Waals surface area (Å²) in [5.41, 5.74) is 7.24. The molecule has 114 valence electrons. The Morgan fingerprint density at radius 1 is 1.33 bits per heavy atom. The fourth-order valence-electron chi connectivity index (χ4n) is 1.90. The molecule has 0 radical (unpaired) electrons. The van der Waals surface area contributed by atoms with Gasteiger partial charge >= 0.3 is 0 Å². The van der Waals surface area contributed by atoms with Crippen molar-refractivity contribution in [2.75, 3.05) is 7.11 Å². The highest BCUT2D eigenvalue weighted by Gasteiger charge is 2.23. The molecule has 5 nitrogen and oxygen atoms in total. The first-order valence-electron chi connectivity index (χ1n) is 7.08. The van der Waals surface area contributed by atoms with E-state index in [-0.39, 0.29) is 11.5 Å². The predicted octanol–water partition coefficient (Wildman–Crippen LogP) is 2.58. The second-order valence-electron chi connectivity index (χ2n) is 6.31. The van der Waals surface area contributed by atoms with Gasteiger partial charge in [-0.2, -0.15) is 4.98 Å². The van der Waals surface area contributed by atoms with Crippen LogP contribution >= 0.6 is 0 Å². The Labute approximate surface area is 125 Å². The van der Waals surface area contributed by atoms with Crippen LogP contribution in [0.25, 0.3) is 0 Å². The molecule has 5 heteroatoms. The van der Waals surface area contributed by atoms with Gasteiger partial charge in [0.2, 0.25) is 5.89 Å². The van der Waals surface area contributed by atoms with Crippen molar-refractivity contribution in [2.45, 2.75) is 39.7 Å². The van der Waals surface area contributed by atoms with Crippen LogP contribution in [0.2, 0.25) is 0 Å². The van der Waals surface area contributed by atoms with Gasteiger partial charge in [-0.25, -0.2) is 0 Å². The number of nitrogens with zero attached hydrogens (tertiary/aromatic N) is 2. The van der Waals surface area contributed by atoms with E-state index in [9.17, 15) is 0 Å². The molecule has 1 atom stereocenters. The fraction of sp³-hybridized carbons (Fsp3) is 0.500. The molecule has 21 heavy (non-hydrogen) atoms. The zero-order valence-corrected chi connectivity index (χ0v) is 13.1. The summed E-state index contributed by atoms with van der Waals surface area (Å²) in [5, 5.41) is 4.02. The highest BCUT2D eigenvalue weighted by Crippen LogP contribution is 2.20. The summed E-state index contributed by atoms with van der Waals surface area (Å²) in [6.07, 6.45) is 1.21. The Balaban J connectivity index is 2.03. The van der Waals surface area contributed by atoms with E-state index in [2.05, 4.69) is 30.9 Å². The van der Waals surface area contributed by atoms with E-state index in [1.807, 2.05) is 24.3 Å². The first kappa shape index (κ1) is 15.5. The molecule has 0 bridgehead atoms. The molecule has 1 unspecified atom stereocenters. The van der Waals surface area contributed by atoms with Crippen molar-refractivity contribution < 1.29 is 9.26 Å². The van der Waals surface area contributed by atoms with E-state index < -0.39 is 0 Å². The summed E-state index contributed by atoms with van der Waals surface area (Å²) in [6.45, 7) is 6.31. The molecule has 1 heterocycles. The van der Waals surface area contributed by atoms with Crippen LogP contribution < -0.4 is 10.5 Å². The van der Waals surface area contributed by atoms with E-state index in [1.54, 1.807) is 7.11 Å². The SMILES string of the molecule is COc1cccc(Cc2noc(CC(N)C(C)(C)C)n2)c1. The summed E-state index contributed by atoms with van der Waals surface area (Å²) in [5.74, 6) is 2.08. The number of rotatable bonds is 5. The number of ether oxygens (including phenoxy) is 1. The molecule has 0 aliphatic heterocycles. The van der Waals surface area contributed by atoms with E-state index in [0.29, 0.717) is 24.6 Å². The number of benzene rings is 1. The second-order valence-corrected chi connectivity index (χ2v) is 6.31. The van der Waals surface area contributed by atoms with Gasteiger partial charge < -0.3 is 15.0 Å². The molecule has 0 spiro atoms. The molecule has 0 fully saturated rings. The Bertz CT molecular complexity index is 587. The standard InChI is InChI=1S/C16H23N3O2/c1-16(2,3)13(17)10-15-18-14(19-21-15)9-11-6-5-7-12(8-11)20-4/h5-8,13H,9-10,17H2,1-4H3. The van der Waals surface area contributed by atoms with Gasteiger partial charge in [0.25, 0.3) is 0 Å². The number of nitrogens with two attached hydrogens (primary N) is 1. The topological polar surface area (TPSA) is 74.2 Å². The Kier molecular flexibility index (Phi) is 4.63. The quantitative estimate of drug-likeness (QED) is 0.915. The maximum atomic E-state index is 6.14. The smallest absolute Gasteiger partial charge is 0.228 e. The van der Waals surface area contributed by atoms with E-state index in [4.69, 9.17) is 15.0 Å². The third-order valence-electron chi connectivity index (χ3n) is 3.51. The van der Waals surface area contributed by atoms with Gasteiger partial charge in [-0.3, -0.25) is 0 Å². The van der Waals surface area contributed by atoms with Crippen LogP contribution in [-0.4, -0.2) is 23.3 Å². The third-order valence-corrected chi connectivity index (χ3v) is 3.51. The summed E-state index contributed by atoms with van der Waals surface area (Å²) in [6, 6.07) is 7.83. The van der Waals surface area contributed by atoms with Gasteiger partial charge in [-0.05, 0) is 23.1 Å². The molecule has 2 rings (SSSR count). The van der Waals surface area contributed by atoms with Crippen LogP contribution in [0.1, 0.15) is 38.0 Å². The van der Waals surface area contributed by atoms with Crippen molar-refractivity contribution in [2.24, 2.45) is 11.1 Å². The van der Waals surface area contributed by atoms with Crippen LogP contribution in [0.15, 0.2) is 28.8 Å². The molecule has 1 aromatic carbocycles. The van der Waals surface area contributed by atoms with Crippen molar-refractivity contribution in [3.63, 3.8) is 0 Å². The van der Waals surface area contributed by atoms with Crippen molar-refractivity contribution in [3.05, 3.63) is 41.5 Å². The third kappa shape index (κ3) is 4.29. The van der Waals surface area contributed by atoms with E-state index >= 15 is 0 Å². The van der Waals surface area contributed by atoms with Gasteiger partial charge in [0, 0.05) is 18.9 Å². The highest BCUT2D eigenvalue weighted by molar-refractivity contribution is 5.30.